The number of hydrogen-bond acceptors (Lipinski definition) is 3. The molecule has 2 N–H and O–H groups in total. The number of aromatic nitrogens is 1. The van der Waals surface area contributed by atoms with E-state index in [9.17, 15) is 18.4 Å². The molecule has 0 aliphatic carbocycles. The number of amides is 1. The summed E-state index contributed by atoms with van der Waals surface area (Å²) in [7, 11) is 0. The van der Waals surface area contributed by atoms with Gasteiger partial charge in [0, 0.05) is 37.0 Å². The Bertz CT molecular complexity index is 804. The minimum Gasteiger partial charge on any atom is -0.331 e. The first-order chi connectivity index (χ1) is 11.5. The number of nitrogens with zero attached hydrogens (tertiary/aromatic N) is 2. The molecule has 24 heavy (non-hydrogen) atoms. The van der Waals surface area contributed by atoms with Gasteiger partial charge in [0.1, 0.15) is 12.0 Å². The second-order valence-electron chi connectivity index (χ2n) is 5.78. The highest BCUT2D eigenvalue weighted by Gasteiger charge is 2.35. The summed E-state index contributed by atoms with van der Waals surface area (Å²) in [5.74, 6) is -0.794. The number of pyridine rings is 1. The van der Waals surface area contributed by atoms with Gasteiger partial charge in [0.2, 0.25) is 0 Å². The Morgan fingerprint density at radius 3 is 2.58 bits per heavy atom. The molecule has 1 fully saturated rings. The molecule has 5 nitrogen and oxygen atoms in total. The van der Waals surface area contributed by atoms with Gasteiger partial charge in [0.15, 0.2) is 0 Å². The lowest BCUT2D eigenvalue weighted by Crippen LogP contribution is -2.40. The minimum absolute atomic E-state index is 0.00360. The van der Waals surface area contributed by atoms with Crippen molar-refractivity contribution >= 4 is 5.91 Å². The summed E-state index contributed by atoms with van der Waals surface area (Å²) in [6, 6.07) is 7.67. The number of halogens is 2. The van der Waals surface area contributed by atoms with Gasteiger partial charge < -0.3 is 10.6 Å². The third kappa shape index (κ3) is 3.07. The van der Waals surface area contributed by atoms with Gasteiger partial charge in [-0.3, -0.25) is 14.2 Å². The maximum absolute atomic E-state index is 13.6. The summed E-state index contributed by atoms with van der Waals surface area (Å²) in [5.41, 5.74) is 5.96. The summed E-state index contributed by atoms with van der Waals surface area (Å²) in [6.07, 6.45) is 0.516. The van der Waals surface area contributed by atoms with Crippen molar-refractivity contribution in [3.05, 3.63) is 64.3 Å². The van der Waals surface area contributed by atoms with Crippen LogP contribution in [0.3, 0.4) is 0 Å². The van der Waals surface area contributed by atoms with E-state index in [1.165, 1.54) is 52.1 Å². The topological polar surface area (TPSA) is 68.3 Å². The van der Waals surface area contributed by atoms with Crippen molar-refractivity contribution in [3.8, 4) is 5.69 Å². The Morgan fingerprint density at radius 2 is 1.92 bits per heavy atom. The van der Waals surface area contributed by atoms with E-state index in [1.807, 2.05) is 0 Å². The molecule has 0 saturated carbocycles. The molecule has 0 unspecified atom stereocenters. The Labute approximate surface area is 137 Å². The number of carbonyl (C=O) groups is 1. The van der Waals surface area contributed by atoms with Crippen molar-refractivity contribution in [2.24, 2.45) is 5.73 Å². The van der Waals surface area contributed by atoms with E-state index in [0.29, 0.717) is 5.69 Å². The molecule has 2 atom stereocenters. The highest BCUT2D eigenvalue weighted by Crippen LogP contribution is 2.22. The summed E-state index contributed by atoms with van der Waals surface area (Å²) >= 11 is 0. The largest absolute Gasteiger partial charge is 0.331 e. The molecule has 1 aliphatic heterocycles. The Balaban J connectivity index is 1.95. The van der Waals surface area contributed by atoms with Crippen LogP contribution in [-0.2, 0) is 0 Å². The zero-order valence-corrected chi connectivity index (χ0v) is 12.9. The average molecular weight is 333 g/mol. The van der Waals surface area contributed by atoms with Gasteiger partial charge in [-0.2, -0.15) is 0 Å². The standard InChI is InChI=1S/C17H17F2N3O2/c18-12-2-4-14(5-3-12)21-9-11(1-6-16(21)23)17(24)22-10-13(19)7-15(22)8-20/h1-6,9,13,15H,7-8,10,20H2/t13-,15-/m0/s1. The molecular formula is C17H17F2N3O2. The lowest BCUT2D eigenvalue weighted by atomic mass is 10.2. The second kappa shape index (κ2) is 6.52. The molecule has 3 rings (SSSR count). The van der Waals surface area contributed by atoms with Crippen LogP contribution in [0.4, 0.5) is 8.78 Å². The van der Waals surface area contributed by atoms with Crippen molar-refractivity contribution in [1.29, 1.82) is 0 Å². The van der Waals surface area contributed by atoms with Crippen LogP contribution >= 0.6 is 0 Å². The molecule has 0 radical (unpaired) electrons. The highest BCUT2D eigenvalue weighted by molar-refractivity contribution is 5.94. The molecule has 1 saturated heterocycles. The van der Waals surface area contributed by atoms with E-state index in [1.54, 1.807) is 0 Å². The predicted octanol–water partition coefficient (Wildman–Crippen LogP) is 1.49. The van der Waals surface area contributed by atoms with Crippen LogP contribution in [-0.4, -0.2) is 40.7 Å². The number of hydrogen-bond donors (Lipinski definition) is 1. The lowest BCUT2D eigenvalue weighted by molar-refractivity contribution is 0.0733. The third-order valence-electron chi connectivity index (χ3n) is 4.16. The van der Waals surface area contributed by atoms with Crippen LogP contribution < -0.4 is 11.3 Å². The number of benzene rings is 1. The van der Waals surface area contributed by atoms with E-state index >= 15 is 0 Å². The van der Waals surface area contributed by atoms with E-state index < -0.39 is 12.0 Å². The van der Waals surface area contributed by atoms with Crippen molar-refractivity contribution < 1.29 is 13.6 Å². The first-order valence-corrected chi connectivity index (χ1v) is 7.63. The maximum atomic E-state index is 13.6. The first kappa shape index (κ1) is 16.3. The van der Waals surface area contributed by atoms with Crippen LogP contribution in [0.2, 0.25) is 0 Å². The molecule has 2 heterocycles. The maximum Gasteiger partial charge on any atom is 0.255 e. The SMILES string of the molecule is NC[C@@H]1C[C@H](F)CN1C(=O)c1ccc(=O)n(-c2ccc(F)cc2)c1. The van der Waals surface area contributed by atoms with Crippen molar-refractivity contribution in [3.63, 3.8) is 0 Å². The Hall–Kier alpha value is -2.54. The molecule has 1 aromatic carbocycles. The van der Waals surface area contributed by atoms with E-state index in [-0.39, 0.29) is 42.6 Å². The van der Waals surface area contributed by atoms with Gasteiger partial charge in [-0.05, 0) is 30.3 Å². The third-order valence-corrected chi connectivity index (χ3v) is 4.16. The monoisotopic (exact) mass is 333 g/mol. The number of rotatable bonds is 3. The fraction of sp³-hybridized carbons (Fsp3) is 0.294. The van der Waals surface area contributed by atoms with Crippen LogP contribution in [0.25, 0.3) is 5.69 Å². The van der Waals surface area contributed by atoms with Gasteiger partial charge in [-0.15, -0.1) is 0 Å². The average Bonchev–Trinajstić information content (AvgIpc) is 2.96. The smallest absolute Gasteiger partial charge is 0.255 e. The van der Waals surface area contributed by atoms with E-state index in [2.05, 4.69) is 0 Å². The predicted molar refractivity (Wildman–Crippen MR) is 85.4 cm³/mol. The van der Waals surface area contributed by atoms with Gasteiger partial charge in [0.25, 0.3) is 11.5 Å². The molecule has 0 bridgehead atoms. The highest BCUT2D eigenvalue weighted by atomic mass is 19.1. The van der Waals surface area contributed by atoms with E-state index in [4.69, 9.17) is 5.73 Å². The van der Waals surface area contributed by atoms with Gasteiger partial charge >= 0.3 is 0 Å². The Morgan fingerprint density at radius 1 is 1.21 bits per heavy atom. The van der Waals surface area contributed by atoms with Crippen LogP contribution in [0.15, 0.2) is 47.4 Å². The molecule has 1 amide bonds. The summed E-state index contributed by atoms with van der Waals surface area (Å²) in [6.45, 7) is 0.181. The zero-order valence-electron chi connectivity index (χ0n) is 12.9. The minimum atomic E-state index is -1.09. The fourth-order valence-electron chi connectivity index (χ4n) is 2.91. The number of alkyl halides is 1. The Kier molecular flexibility index (Phi) is 4.44. The fourth-order valence-corrected chi connectivity index (χ4v) is 2.91. The molecular weight excluding hydrogens is 316 g/mol. The molecule has 1 aromatic heterocycles. The molecule has 0 spiro atoms. The zero-order chi connectivity index (χ0) is 17.3. The summed E-state index contributed by atoms with van der Waals surface area (Å²) in [4.78, 5) is 26.1. The van der Waals surface area contributed by atoms with Gasteiger partial charge in [-0.25, -0.2) is 8.78 Å². The van der Waals surface area contributed by atoms with E-state index in [0.717, 1.165) is 0 Å². The van der Waals surface area contributed by atoms with Gasteiger partial charge in [-0.1, -0.05) is 0 Å². The molecule has 1 aliphatic rings. The number of carbonyl (C=O) groups excluding carboxylic acids is 1. The molecule has 7 heteroatoms. The second-order valence-corrected chi connectivity index (χ2v) is 5.78. The van der Waals surface area contributed by atoms with Crippen molar-refractivity contribution in [2.45, 2.75) is 18.6 Å². The number of likely N-dealkylation sites (tertiary alicyclic amines) is 1. The molecule has 2 aromatic rings. The van der Waals surface area contributed by atoms with Crippen molar-refractivity contribution in [2.75, 3.05) is 13.1 Å². The van der Waals surface area contributed by atoms with Crippen LogP contribution in [0.1, 0.15) is 16.8 Å². The first-order valence-electron chi connectivity index (χ1n) is 7.63. The van der Waals surface area contributed by atoms with Gasteiger partial charge in [0.05, 0.1) is 12.1 Å². The van der Waals surface area contributed by atoms with Crippen LogP contribution in [0, 0.1) is 5.82 Å². The quantitative estimate of drug-likeness (QED) is 0.925. The normalized spacial score (nSPS) is 20.4. The number of nitrogens with two attached hydrogens (primary N) is 1. The lowest BCUT2D eigenvalue weighted by Gasteiger charge is -2.23. The summed E-state index contributed by atoms with van der Waals surface area (Å²) < 4.78 is 27.9. The van der Waals surface area contributed by atoms with Crippen LogP contribution in [0.5, 0.6) is 0 Å². The van der Waals surface area contributed by atoms with Crippen molar-refractivity contribution in [1.82, 2.24) is 9.47 Å². The molecule has 126 valence electrons. The summed E-state index contributed by atoms with van der Waals surface area (Å²) in [5, 5.41) is 0.